The summed E-state index contributed by atoms with van der Waals surface area (Å²) in [5, 5.41) is 2.44. The minimum atomic E-state index is -3.78. The molecule has 1 N–H and O–H groups in total. The van der Waals surface area contributed by atoms with Crippen LogP contribution in [0, 0.1) is 0 Å². The minimum Gasteiger partial charge on any atom is -0.335 e. The summed E-state index contributed by atoms with van der Waals surface area (Å²) in [6.45, 7) is 0.479. The van der Waals surface area contributed by atoms with Gasteiger partial charge in [0.1, 0.15) is 4.90 Å². The summed E-state index contributed by atoms with van der Waals surface area (Å²) in [6.07, 6.45) is 2.69. The predicted octanol–water partition coefficient (Wildman–Crippen LogP) is 0.558. The van der Waals surface area contributed by atoms with Gasteiger partial charge in [0.05, 0.1) is 6.54 Å². The highest BCUT2D eigenvalue weighted by atomic mass is 79.9. The molecule has 0 spiro atoms. The molecule has 0 aromatic carbocycles. The van der Waals surface area contributed by atoms with Gasteiger partial charge >= 0.3 is 6.03 Å². The Kier molecular flexibility index (Phi) is 2.85. The van der Waals surface area contributed by atoms with Crippen LogP contribution in [0.25, 0.3) is 0 Å². The largest absolute Gasteiger partial charge is 0.335 e. The van der Waals surface area contributed by atoms with Crippen molar-refractivity contribution in [1.29, 1.82) is 0 Å². The van der Waals surface area contributed by atoms with E-state index in [1.165, 1.54) is 18.5 Å². The summed E-state index contributed by atoms with van der Waals surface area (Å²) in [5.74, 6) is 0. The number of hydrogen-bond acceptors (Lipinski definition) is 4. The molecular weight excluding hydrogens is 298 g/mol. The summed E-state index contributed by atoms with van der Waals surface area (Å²) in [5.41, 5.74) is 0. The molecular formula is C8H8BrN3O3S. The van der Waals surface area contributed by atoms with Gasteiger partial charge in [-0.05, 0) is 22.0 Å². The number of hydrogen-bond donors (Lipinski definition) is 1. The zero-order chi connectivity index (χ0) is 11.8. The topological polar surface area (TPSA) is 79.4 Å². The van der Waals surface area contributed by atoms with Crippen LogP contribution in [0.4, 0.5) is 4.79 Å². The summed E-state index contributed by atoms with van der Waals surface area (Å²) >= 11 is 3.13. The first kappa shape index (κ1) is 11.3. The normalized spacial score (nSPS) is 16.3. The number of amides is 2. The summed E-state index contributed by atoms with van der Waals surface area (Å²) in [4.78, 5) is 15.0. The molecule has 2 rings (SSSR count). The molecule has 2 heterocycles. The molecule has 1 aliphatic heterocycles. The Morgan fingerprint density at radius 3 is 2.75 bits per heavy atom. The van der Waals surface area contributed by atoms with Crippen LogP contribution in [0.2, 0.25) is 0 Å². The molecule has 0 bridgehead atoms. The summed E-state index contributed by atoms with van der Waals surface area (Å²) < 4.78 is 25.4. The number of carbonyl (C=O) groups is 1. The maximum absolute atomic E-state index is 12.0. The van der Waals surface area contributed by atoms with Gasteiger partial charge in [0.25, 0.3) is 10.0 Å². The molecule has 0 unspecified atom stereocenters. The molecule has 1 fully saturated rings. The number of nitrogens with zero attached hydrogens (tertiary/aromatic N) is 2. The monoisotopic (exact) mass is 305 g/mol. The molecule has 0 aliphatic carbocycles. The van der Waals surface area contributed by atoms with Gasteiger partial charge in [0.2, 0.25) is 0 Å². The Morgan fingerprint density at radius 2 is 2.19 bits per heavy atom. The molecule has 1 saturated heterocycles. The predicted molar refractivity (Wildman–Crippen MR) is 59.2 cm³/mol. The van der Waals surface area contributed by atoms with E-state index < -0.39 is 16.1 Å². The van der Waals surface area contributed by atoms with E-state index in [0.717, 1.165) is 4.31 Å². The van der Waals surface area contributed by atoms with E-state index in [-0.39, 0.29) is 11.4 Å². The van der Waals surface area contributed by atoms with Crippen LogP contribution in [-0.2, 0) is 10.0 Å². The number of pyridine rings is 1. The standard InChI is InChI=1S/C8H8BrN3O3S/c9-6-3-7(5-10-4-6)16(14,15)12-2-1-11-8(12)13/h3-5H,1-2H2,(H,11,13). The van der Waals surface area contributed by atoms with Crippen molar-refractivity contribution in [2.24, 2.45) is 0 Å². The molecule has 1 aliphatic rings. The number of halogens is 1. The number of sulfonamides is 1. The minimum absolute atomic E-state index is 0.000995. The molecule has 0 radical (unpaired) electrons. The maximum Gasteiger partial charge on any atom is 0.331 e. The van der Waals surface area contributed by atoms with Crippen molar-refractivity contribution < 1.29 is 13.2 Å². The molecule has 0 saturated carbocycles. The smallest absolute Gasteiger partial charge is 0.331 e. The molecule has 2 amide bonds. The second kappa shape index (κ2) is 4.02. The lowest BCUT2D eigenvalue weighted by Gasteiger charge is -2.14. The average Bonchev–Trinajstić information content (AvgIpc) is 2.65. The Morgan fingerprint density at radius 1 is 1.44 bits per heavy atom. The van der Waals surface area contributed by atoms with Crippen LogP contribution in [-0.4, -0.2) is 36.8 Å². The summed E-state index contributed by atoms with van der Waals surface area (Å²) in [6, 6.07) is 0.813. The highest BCUT2D eigenvalue weighted by molar-refractivity contribution is 9.10. The summed E-state index contributed by atoms with van der Waals surface area (Å²) in [7, 11) is -3.78. The molecule has 6 nitrogen and oxygen atoms in total. The fraction of sp³-hybridized carbons (Fsp3) is 0.250. The lowest BCUT2D eigenvalue weighted by atomic mass is 10.5. The highest BCUT2D eigenvalue weighted by Gasteiger charge is 2.33. The number of carbonyl (C=O) groups excluding carboxylic acids is 1. The average molecular weight is 306 g/mol. The molecule has 16 heavy (non-hydrogen) atoms. The Hall–Kier alpha value is -1.15. The molecule has 8 heteroatoms. The SMILES string of the molecule is O=C1NCCN1S(=O)(=O)c1cncc(Br)c1. The van der Waals surface area contributed by atoms with Crippen LogP contribution in [0.15, 0.2) is 27.8 Å². The lowest BCUT2D eigenvalue weighted by molar-refractivity contribution is 0.236. The third-order valence-electron chi connectivity index (χ3n) is 2.09. The van der Waals surface area contributed by atoms with Gasteiger partial charge < -0.3 is 5.32 Å². The van der Waals surface area contributed by atoms with Gasteiger partial charge in [-0.2, -0.15) is 0 Å². The molecule has 1 aromatic rings. The quantitative estimate of drug-likeness (QED) is 0.866. The Bertz CT molecular complexity index is 531. The van der Waals surface area contributed by atoms with Gasteiger partial charge in [0, 0.05) is 23.4 Å². The van der Waals surface area contributed by atoms with Crippen LogP contribution in [0.1, 0.15) is 0 Å². The van der Waals surface area contributed by atoms with Gasteiger partial charge in [0.15, 0.2) is 0 Å². The molecule has 0 atom stereocenters. The van der Waals surface area contributed by atoms with E-state index in [4.69, 9.17) is 0 Å². The van der Waals surface area contributed by atoms with Crippen molar-refractivity contribution in [2.75, 3.05) is 13.1 Å². The van der Waals surface area contributed by atoms with Crippen molar-refractivity contribution in [1.82, 2.24) is 14.6 Å². The van der Waals surface area contributed by atoms with Gasteiger partial charge in [-0.25, -0.2) is 17.5 Å². The van der Waals surface area contributed by atoms with Gasteiger partial charge in [-0.1, -0.05) is 0 Å². The fourth-order valence-corrected chi connectivity index (χ4v) is 3.20. The van der Waals surface area contributed by atoms with Crippen LogP contribution < -0.4 is 5.32 Å². The molecule has 1 aromatic heterocycles. The van der Waals surface area contributed by atoms with E-state index in [0.29, 0.717) is 11.0 Å². The van der Waals surface area contributed by atoms with E-state index in [1.54, 1.807) is 0 Å². The fourth-order valence-electron chi connectivity index (χ4n) is 1.34. The maximum atomic E-state index is 12.0. The van der Waals surface area contributed by atoms with Crippen molar-refractivity contribution >= 4 is 32.0 Å². The van der Waals surface area contributed by atoms with Crippen molar-refractivity contribution in [3.8, 4) is 0 Å². The first-order valence-corrected chi connectivity index (χ1v) is 6.66. The van der Waals surface area contributed by atoms with Crippen LogP contribution in [0.3, 0.4) is 0 Å². The van der Waals surface area contributed by atoms with Crippen LogP contribution in [0.5, 0.6) is 0 Å². The lowest BCUT2D eigenvalue weighted by Crippen LogP contribution is -2.34. The van der Waals surface area contributed by atoms with Crippen molar-refractivity contribution in [3.63, 3.8) is 0 Å². The number of aromatic nitrogens is 1. The Labute approximate surface area is 101 Å². The van der Waals surface area contributed by atoms with E-state index in [1.807, 2.05) is 0 Å². The van der Waals surface area contributed by atoms with Crippen molar-refractivity contribution in [2.45, 2.75) is 4.90 Å². The number of nitrogens with one attached hydrogen (secondary N) is 1. The second-order valence-corrected chi connectivity index (χ2v) is 5.93. The number of rotatable bonds is 2. The first-order chi connectivity index (χ1) is 7.51. The van der Waals surface area contributed by atoms with E-state index >= 15 is 0 Å². The van der Waals surface area contributed by atoms with Crippen LogP contribution >= 0.6 is 15.9 Å². The Balaban J connectivity index is 2.43. The highest BCUT2D eigenvalue weighted by Crippen LogP contribution is 2.19. The number of urea groups is 1. The zero-order valence-electron chi connectivity index (χ0n) is 8.05. The van der Waals surface area contributed by atoms with Crippen molar-refractivity contribution in [3.05, 3.63) is 22.9 Å². The zero-order valence-corrected chi connectivity index (χ0v) is 10.5. The molecule has 86 valence electrons. The third kappa shape index (κ3) is 1.90. The first-order valence-electron chi connectivity index (χ1n) is 4.43. The van der Waals surface area contributed by atoms with Gasteiger partial charge in [-0.15, -0.1) is 0 Å². The second-order valence-electron chi connectivity index (χ2n) is 3.15. The van der Waals surface area contributed by atoms with E-state index in [2.05, 4.69) is 26.2 Å². The van der Waals surface area contributed by atoms with E-state index in [9.17, 15) is 13.2 Å². The third-order valence-corrected chi connectivity index (χ3v) is 4.27. The van der Waals surface area contributed by atoms with Gasteiger partial charge in [-0.3, -0.25) is 4.98 Å².